The predicted octanol–water partition coefficient (Wildman–Crippen LogP) is 6.33. The van der Waals surface area contributed by atoms with Gasteiger partial charge >= 0.3 is 5.97 Å². The first-order chi connectivity index (χ1) is 18.6. The molecule has 0 spiro atoms. The fourth-order valence-electron chi connectivity index (χ4n) is 11.3. The maximum absolute atomic E-state index is 14.5. The molecule has 220 valence electrons. The van der Waals surface area contributed by atoms with Crippen molar-refractivity contribution in [2.24, 2.45) is 62.6 Å². The van der Waals surface area contributed by atoms with E-state index in [1.54, 1.807) is 7.11 Å². The SMILES string of the molecule is COCC[C@]1(C)C(=O)C(C#N)C[C@]2(C)C3=CC(=O)[C@@H]4[C@@H]5CC(C)(C)C[C@@H](C(=O)OC)C5CC[C@@]4(C)[C@]3(C)CC[C@@H]12. The van der Waals surface area contributed by atoms with Gasteiger partial charge in [0.25, 0.3) is 0 Å². The van der Waals surface area contributed by atoms with Gasteiger partial charge in [-0.25, -0.2) is 0 Å². The second-order valence-corrected chi connectivity index (χ2v) is 15.7. The van der Waals surface area contributed by atoms with Crippen LogP contribution < -0.4 is 0 Å². The highest BCUT2D eigenvalue weighted by Crippen LogP contribution is 2.74. The van der Waals surface area contributed by atoms with Crippen LogP contribution in [0, 0.1) is 73.9 Å². The van der Waals surface area contributed by atoms with Crippen LogP contribution in [0.3, 0.4) is 0 Å². The van der Waals surface area contributed by atoms with E-state index in [2.05, 4.69) is 40.7 Å². The van der Waals surface area contributed by atoms with Crippen molar-refractivity contribution in [1.82, 2.24) is 0 Å². The number of ether oxygens (including phenoxy) is 2. The molecular weight excluding hydrogens is 502 g/mol. The Bertz CT molecular complexity index is 1180. The number of carbonyl (C=O) groups is 3. The normalized spacial score (nSPS) is 47.5. The van der Waals surface area contributed by atoms with Crippen LogP contribution in [-0.2, 0) is 23.9 Å². The third-order valence-electron chi connectivity index (χ3n) is 13.3. The number of allylic oxidation sites excluding steroid dienone is 2. The van der Waals surface area contributed by atoms with Crippen LogP contribution in [0.5, 0.6) is 0 Å². The number of Topliss-reactive ketones (excluding diaryl/α,β-unsaturated/α-hetero) is 1. The molecule has 0 N–H and O–H groups in total. The third-order valence-corrected chi connectivity index (χ3v) is 13.3. The van der Waals surface area contributed by atoms with E-state index in [1.165, 1.54) is 12.7 Å². The van der Waals surface area contributed by atoms with Crippen molar-refractivity contribution >= 4 is 17.5 Å². The highest BCUT2D eigenvalue weighted by molar-refractivity contribution is 5.96. The molecule has 0 aliphatic heterocycles. The van der Waals surface area contributed by atoms with E-state index >= 15 is 0 Å². The minimum Gasteiger partial charge on any atom is -0.469 e. The summed E-state index contributed by atoms with van der Waals surface area (Å²) in [4.78, 5) is 41.1. The summed E-state index contributed by atoms with van der Waals surface area (Å²) in [6.07, 6.45) is 8.43. The fraction of sp³-hybridized carbons (Fsp3) is 0.824. The predicted molar refractivity (Wildman–Crippen MR) is 152 cm³/mol. The Kier molecular flexibility index (Phi) is 7.01. The van der Waals surface area contributed by atoms with Gasteiger partial charge in [-0.15, -0.1) is 0 Å². The van der Waals surface area contributed by atoms with Gasteiger partial charge in [-0.05, 0) is 96.9 Å². The molecule has 4 saturated carbocycles. The Morgan fingerprint density at radius 1 is 1.00 bits per heavy atom. The van der Waals surface area contributed by atoms with Crippen molar-refractivity contribution in [3.8, 4) is 6.07 Å². The molecule has 40 heavy (non-hydrogen) atoms. The van der Waals surface area contributed by atoms with Gasteiger partial charge < -0.3 is 9.47 Å². The maximum Gasteiger partial charge on any atom is 0.308 e. The molecule has 0 aromatic heterocycles. The van der Waals surface area contributed by atoms with Crippen LogP contribution in [0.2, 0.25) is 0 Å². The molecule has 5 aliphatic carbocycles. The Labute approximate surface area is 240 Å². The first kappa shape index (κ1) is 29.5. The number of rotatable bonds is 4. The Hall–Kier alpha value is -2.00. The Morgan fingerprint density at radius 2 is 1.70 bits per heavy atom. The van der Waals surface area contributed by atoms with E-state index in [9.17, 15) is 19.6 Å². The van der Waals surface area contributed by atoms with Crippen LogP contribution in [0.4, 0.5) is 0 Å². The molecule has 0 bridgehead atoms. The number of esters is 1. The molecule has 0 radical (unpaired) electrons. The fourth-order valence-corrected chi connectivity index (χ4v) is 11.3. The number of methoxy groups -OCH3 is 2. The summed E-state index contributed by atoms with van der Waals surface area (Å²) in [5.41, 5.74) is -0.402. The molecular formula is C34H49NO5. The van der Waals surface area contributed by atoms with Crippen LogP contribution in [0.15, 0.2) is 11.6 Å². The van der Waals surface area contributed by atoms with Crippen molar-refractivity contribution in [1.29, 1.82) is 5.26 Å². The topological polar surface area (TPSA) is 93.5 Å². The van der Waals surface area contributed by atoms with Gasteiger partial charge in [-0.3, -0.25) is 14.4 Å². The van der Waals surface area contributed by atoms with Crippen LogP contribution in [0.25, 0.3) is 0 Å². The molecule has 0 saturated heterocycles. The summed E-state index contributed by atoms with van der Waals surface area (Å²) in [6.45, 7) is 13.9. The van der Waals surface area contributed by atoms with E-state index in [-0.39, 0.29) is 63.4 Å². The van der Waals surface area contributed by atoms with E-state index in [1.807, 2.05) is 13.0 Å². The summed E-state index contributed by atoms with van der Waals surface area (Å²) in [7, 11) is 3.14. The quantitative estimate of drug-likeness (QED) is 0.379. The van der Waals surface area contributed by atoms with Gasteiger partial charge in [0, 0.05) is 25.0 Å². The monoisotopic (exact) mass is 551 g/mol. The number of ketones is 2. The molecule has 0 amide bonds. The van der Waals surface area contributed by atoms with Crippen LogP contribution in [0.1, 0.15) is 92.9 Å². The number of nitriles is 1. The van der Waals surface area contributed by atoms with Gasteiger partial charge in [0.2, 0.25) is 0 Å². The summed E-state index contributed by atoms with van der Waals surface area (Å²) in [5, 5.41) is 10.1. The third kappa shape index (κ3) is 3.85. The van der Waals surface area contributed by atoms with E-state index in [0.717, 1.165) is 38.5 Å². The number of carbonyl (C=O) groups excluding carboxylic acids is 3. The Balaban J connectivity index is 1.62. The minimum absolute atomic E-state index is 0.0417. The second-order valence-electron chi connectivity index (χ2n) is 15.7. The smallest absolute Gasteiger partial charge is 0.308 e. The molecule has 2 unspecified atom stereocenters. The number of fused-ring (bicyclic) bond motifs is 7. The van der Waals surface area contributed by atoms with E-state index in [0.29, 0.717) is 19.4 Å². The van der Waals surface area contributed by atoms with Gasteiger partial charge in [0.1, 0.15) is 5.92 Å². The zero-order valence-electron chi connectivity index (χ0n) is 25.9. The van der Waals surface area contributed by atoms with Gasteiger partial charge in [0.15, 0.2) is 11.6 Å². The average molecular weight is 552 g/mol. The largest absolute Gasteiger partial charge is 0.469 e. The highest BCUT2D eigenvalue weighted by atomic mass is 16.5. The second kappa shape index (κ2) is 9.51. The average Bonchev–Trinajstić information content (AvgIpc) is 2.89. The molecule has 0 aromatic rings. The maximum atomic E-state index is 14.5. The minimum atomic E-state index is -0.678. The van der Waals surface area contributed by atoms with Crippen molar-refractivity contribution in [2.45, 2.75) is 92.9 Å². The molecule has 4 fully saturated rings. The zero-order valence-corrected chi connectivity index (χ0v) is 25.9. The van der Waals surface area contributed by atoms with Gasteiger partial charge in [-0.1, -0.05) is 47.1 Å². The lowest BCUT2D eigenvalue weighted by molar-refractivity contribution is -0.177. The number of hydrogen-bond donors (Lipinski definition) is 0. The molecule has 0 heterocycles. The summed E-state index contributed by atoms with van der Waals surface area (Å²) in [5.74, 6) is -0.494. The molecule has 5 aliphatic rings. The lowest BCUT2D eigenvalue weighted by atomic mass is 9.34. The standard InChI is InChI=1S/C34H49NO5/c1-30(2)17-22-21(23(18-30)29(38)40-8)9-11-34(6)27(22)24(36)15-26-32(4)16-20(19-35)28(37)31(3,13-14-39-7)25(32)10-12-33(26,34)5/h15,20-23,25,27H,9-14,16-18H2,1-8H3/t20?,21?,22-,23-,25+,27+,31+,32+,33-,34-/m1/s1. The molecule has 6 heteroatoms. The Morgan fingerprint density at radius 3 is 2.33 bits per heavy atom. The first-order valence-corrected chi connectivity index (χ1v) is 15.4. The number of nitrogens with zero attached hydrogens (tertiary/aromatic N) is 1. The van der Waals surface area contributed by atoms with Crippen LogP contribution in [-0.4, -0.2) is 38.4 Å². The zero-order chi connectivity index (χ0) is 29.5. The van der Waals surface area contributed by atoms with Crippen molar-refractivity contribution in [3.05, 3.63) is 11.6 Å². The first-order valence-electron chi connectivity index (χ1n) is 15.4. The summed E-state index contributed by atoms with van der Waals surface area (Å²) in [6, 6.07) is 2.35. The molecule has 6 nitrogen and oxygen atoms in total. The van der Waals surface area contributed by atoms with Gasteiger partial charge in [0.05, 0.1) is 19.1 Å². The summed E-state index contributed by atoms with van der Waals surface area (Å²) < 4.78 is 10.7. The lowest BCUT2D eigenvalue weighted by Crippen LogP contribution is -2.65. The highest BCUT2D eigenvalue weighted by Gasteiger charge is 2.70. The summed E-state index contributed by atoms with van der Waals surface area (Å²) >= 11 is 0. The van der Waals surface area contributed by atoms with Crippen LogP contribution >= 0.6 is 0 Å². The lowest BCUT2D eigenvalue weighted by Gasteiger charge is -2.69. The molecule has 10 atom stereocenters. The number of hydrogen-bond acceptors (Lipinski definition) is 6. The van der Waals surface area contributed by atoms with E-state index < -0.39 is 16.7 Å². The molecule has 0 aromatic carbocycles. The van der Waals surface area contributed by atoms with E-state index in [4.69, 9.17) is 9.47 Å². The van der Waals surface area contributed by atoms with Crippen molar-refractivity contribution in [2.75, 3.05) is 20.8 Å². The van der Waals surface area contributed by atoms with Crippen molar-refractivity contribution < 1.29 is 23.9 Å². The van der Waals surface area contributed by atoms with Gasteiger partial charge in [-0.2, -0.15) is 5.26 Å². The molecule has 5 rings (SSSR count). The van der Waals surface area contributed by atoms with Crippen molar-refractivity contribution in [3.63, 3.8) is 0 Å².